The van der Waals surface area contributed by atoms with Crippen molar-refractivity contribution in [3.63, 3.8) is 0 Å². The number of hydrogen-bond acceptors (Lipinski definition) is 6. The van der Waals surface area contributed by atoms with E-state index in [-0.39, 0.29) is 5.91 Å². The minimum absolute atomic E-state index is 0.0738. The molecular formula is C19H28N2O5. The van der Waals surface area contributed by atoms with Crippen molar-refractivity contribution < 1.29 is 23.7 Å². The number of rotatable bonds is 4. The van der Waals surface area contributed by atoms with Crippen LogP contribution in [0.1, 0.15) is 13.8 Å². The van der Waals surface area contributed by atoms with E-state index in [0.29, 0.717) is 51.0 Å². The number of carbonyl (C=O) groups is 1. The summed E-state index contributed by atoms with van der Waals surface area (Å²) in [6, 6.07) is 7.34. The zero-order valence-corrected chi connectivity index (χ0v) is 15.7. The van der Waals surface area contributed by atoms with Gasteiger partial charge in [0.1, 0.15) is 5.60 Å². The minimum Gasteiger partial charge on any atom is -0.493 e. The molecule has 1 atom stereocenters. The molecule has 2 heterocycles. The second kappa shape index (κ2) is 7.82. The van der Waals surface area contributed by atoms with Gasteiger partial charge < -0.3 is 29.2 Å². The van der Waals surface area contributed by atoms with Gasteiger partial charge >= 0.3 is 0 Å². The molecule has 1 N–H and O–H groups in total. The van der Waals surface area contributed by atoms with Crippen LogP contribution in [0.2, 0.25) is 0 Å². The van der Waals surface area contributed by atoms with Gasteiger partial charge in [-0.2, -0.15) is 0 Å². The molecule has 1 unspecified atom stereocenters. The van der Waals surface area contributed by atoms with Crippen LogP contribution in [0.4, 0.5) is 0 Å². The maximum Gasteiger partial charge on any atom is 0.266 e. The molecule has 0 saturated carbocycles. The average molecular weight is 364 g/mol. The molecule has 0 aromatic heterocycles. The Kier molecular flexibility index (Phi) is 5.70. The zero-order chi connectivity index (χ0) is 18.6. The summed E-state index contributed by atoms with van der Waals surface area (Å²) in [5, 5.41) is 3.33. The highest BCUT2D eigenvalue weighted by Crippen LogP contribution is 2.31. The van der Waals surface area contributed by atoms with Crippen LogP contribution < -0.4 is 14.8 Å². The van der Waals surface area contributed by atoms with Crippen molar-refractivity contribution in [2.75, 3.05) is 53.1 Å². The molecule has 144 valence electrons. The fraction of sp³-hybridized carbons (Fsp3) is 0.632. The van der Waals surface area contributed by atoms with Gasteiger partial charge in [-0.25, -0.2) is 0 Å². The highest BCUT2D eigenvalue weighted by Gasteiger charge is 2.43. The van der Waals surface area contributed by atoms with E-state index in [1.165, 1.54) is 0 Å². The first kappa shape index (κ1) is 18.9. The van der Waals surface area contributed by atoms with Gasteiger partial charge in [0, 0.05) is 19.6 Å². The number of benzene rings is 1. The molecule has 1 spiro atoms. The van der Waals surface area contributed by atoms with Gasteiger partial charge in [-0.3, -0.25) is 4.79 Å². The molecule has 7 heteroatoms. The Hall–Kier alpha value is -1.83. The predicted octanol–water partition coefficient (Wildman–Crippen LogP) is 1.07. The summed E-state index contributed by atoms with van der Waals surface area (Å²) in [5.41, 5.74) is -1.52. The lowest BCUT2D eigenvalue weighted by molar-refractivity contribution is -0.168. The van der Waals surface area contributed by atoms with Crippen LogP contribution >= 0.6 is 0 Å². The molecule has 7 nitrogen and oxygen atoms in total. The van der Waals surface area contributed by atoms with E-state index < -0.39 is 11.2 Å². The summed E-state index contributed by atoms with van der Waals surface area (Å²) in [7, 11) is 1.59. The van der Waals surface area contributed by atoms with Crippen LogP contribution in [0, 0.1) is 0 Å². The first-order valence-corrected chi connectivity index (χ1v) is 9.00. The summed E-state index contributed by atoms with van der Waals surface area (Å²) >= 11 is 0. The molecule has 1 aromatic rings. The number of morpholine rings is 1. The van der Waals surface area contributed by atoms with E-state index >= 15 is 0 Å². The maximum atomic E-state index is 13.2. The van der Waals surface area contributed by atoms with Crippen molar-refractivity contribution in [2.45, 2.75) is 25.0 Å². The maximum absolute atomic E-state index is 13.2. The number of para-hydroxylation sites is 2. The van der Waals surface area contributed by atoms with E-state index in [1.807, 2.05) is 23.1 Å². The van der Waals surface area contributed by atoms with Crippen LogP contribution in [-0.4, -0.2) is 75.1 Å². The van der Waals surface area contributed by atoms with Crippen LogP contribution in [-0.2, 0) is 14.3 Å². The third-order valence-electron chi connectivity index (χ3n) is 4.72. The lowest BCUT2D eigenvalue weighted by Gasteiger charge is -2.43. The Labute approximate surface area is 154 Å². The fourth-order valence-corrected chi connectivity index (χ4v) is 3.38. The molecule has 26 heavy (non-hydrogen) atoms. The molecule has 2 aliphatic rings. The van der Waals surface area contributed by atoms with Gasteiger partial charge in [-0.15, -0.1) is 0 Å². The van der Waals surface area contributed by atoms with Crippen molar-refractivity contribution in [1.82, 2.24) is 10.2 Å². The molecule has 3 rings (SSSR count). The number of methoxy groups -OCH3 is 1. The summed E-state index contributed by atoms with van der Waals surface area (Å²) in [6.45, 7) is 7.68. The average Bonchev–Trinajstić information content (AvgIpc) is 2.86. The molecule has 0 aliphatic carbocycles. The highest BCUT2D eigenvalue weighted by atomic mass is 16.6. The SMILES string of the molecule is COc1ccccc1OC(C)(C)C(=O)N1CCOC2(CNCCOC2)C1. The number of amides is 1. The van der Waals surface area contributed by atoms with Gasteiger partial charge in [-0.1, -0.05) is 12.1 Å². The largest absolute Gasteiger partial charge is 0.493 e. The van der Waals surface area contributed by atoms with Crippen molar-refractivity contribution in [1.29, 1.82) is 0 Å². The normalized spacial score (nSPS) is 24.2. The van der Waals surface area contributed by atoms with Crippen molar-refractivity contribution in [2.24, 2.45) is 0 Å². The third-order valence-corrected chi connectivity index (χ3v) is 4.72. The molecule has 1 aromatic carbocycles. The monoisotopic (exact) mass is 364 g/mol. The van der Waals surface area contributed by atoms with Crippen molar-refractivity contribution in [3.05, 3.63) is 24.3 Å². The Morgan fingerprint density at radius 3 is 2.81 bits per heavy atom. The summed E-state index contributed by atoms with van der Waals surface area (Å²) in [4.78, 5) is 15.0. The molecule has 0 bridgehead atoms. The third kappa shape index (κ3) is 4.11. The Balaban J connectivity index is 1.72. The fourth-order valence-electron chi connectivity index (χ4n) is 3.38. The number of nitrogens with zero attached hydrogens (tertiary/aromatic N) is 1. The molecule has 1 amide bonds. The summed E-state index contributed by atoms with van der Waals surface area (Å²) < 4.78 is 23.0. The molecule has 2 fully saturated rings. The standard InChI is InChI=1S/C19H28N2O5/c1-18(2,26-16-7-5-4-6-15(16)23-3)17(22)21-9-11-25-19(13-21)12-20-8-10-24-14-19/h4-7,20H,8-14H2,1-3H3. The van der Waals surface area contributed by atoms with E-state index in [9.17, 15) is 4.79 Å². The molecular weight excluding hydrogens is 336 g/mol. The van der Waals surface area contributed by atoms with Gasteiger partial charge in [0.25, 0.3) is 5.91 Å². The minimum atomic E-state index is -1.02. The lowest BCUT2D eigenvalue weighted by Crippen LogP contribution is -2.62. The first-order valence-electron chi connectivity index (χ1n) is 9.00. The summed E-state index contributed by atoms with van der Waals surface area (Å²) in [6.07, 6.45) is 0. The lowest BCUT2D eigenvalue weighted by atomic mass is 10.00. The number of hydrogen-bond donors (Lipinski definition) is 1. The smallest absolute Gasteiger partial charge is 0.266 e. The van der Waals surface area contributed by atoms with Crippen LogP contribution in [0.25, 0.3) is 0 Å². The zero-order valence-electron chi connectivity index (χ0n) is 15.7. The Morgan fingerprint density at radius 1 is 1.27 bits per heavy atom. The van der Waals surface area contributed by atoms with Gasteiger partial charge in [-0.05, 0) is 26.0 Å². The Morgan fingerprint density at radius 2 is 2.04 bits per heavy atom. The van der Waals surface area contributed by atoms with E-state index in [0.717, 1.165) is 6.54 Å². The van der Waals surface area contributed by atoms with Gasteiger partial charge in [0.05, 0.1) is 33.5 Å². The number of ether oxygens (including phenoxy) is 4. The Bertz CT molecular complexity index is 626. The van der Waals surface area contributed by atoms with E-state index in [2.05, 4.69) is 5.32 Å². The van der Waals surface area contributed by atoms with E-state index in [1.54, 1.807) is 27.0 Å². The van der Waals surface area contributed by atoms with Crippen LogP contribution in [0.15, 0.2) is 24.3 Å². The highest BCUT2D eigenvalue weighted by molar-refractivity contribution is 5.85. The number of nitrogens with one attached hydrogen (secondary N) is 1. The molecule has 2 saturated heterocycles. The quantitative estimate of drug-likeness (QED) is 0.862. The number of carbonyl (C=O) groups excluding carboxylic acids is 1. The second-order valence-corrected chi connectivity index (χ2v) is 7.25. The topological polar surface area (TPSA) is 69.3 Å². The van der Waals surface area contributed by atoms with Gasteiger partial charge in [0.2, 0.25) is 0 Å². The van der Waals surface area contributed by atoms with Gasteiger partial charge in [0.15, 0.2) is 17.1 Å². The molecule has 0 radical (unpaired) electrons. The van der Waals surface area contributed by atoms with E-state index in [4.69, 9.17) is 18.9 Å². The first-order chi connectivity index (χ1) is 12.5. The summed E-state index contributed by atoms with van der Waals surface area (Å²) in [5.74, 6) is 1.08. The van der Waals surface area contributed by atoms with Crippen LogP contribution in [0.3, 0.4) is 0 Å². The van der Waals surface area contributed by atoms with Crippen LogP contribution in [0.5, 0.6) is 11.5 Å². The second-order valence-electron chi connectivity index (χ2n) is 7.25. The van der Waals surface area contributed by atoms with Crippen molar-refractivity contribution >= 4 is 5.91 Å². The molecule has 2 aliphatic heterocycles. The van der Waals surface area contributed by atoms with Crippen molar-refractivity contribution in [3.8, 4) is 11.5 Å². The predicted molar refractivity (Wildman–Crippen MR) is 96.7 cm³/mol.